The van der Waals surface area contributed by atoms with E-state index in [4.69, 9.17) is 9.47 Å². The van der Waals surface area contributed by atoms with Crippen molar-refractivity contribution in [1.29, 1.82) is 0 Å². The van der Waals surface area contributed by atoms with E-state index in [1.165, 1.54) is 64.2 Å². The molecule has 0 radical (unpaired) electrons. The minimum Gasteiger partial charge on any atom is -0.381 e. The van der Waals surface area contributed by atoms with Crippen molar-refractivity contribution in [3.8, 4) is 0 Å². The quantitative estimate of drug-likeness (QED) is 0.0710. The van der Waals surface area contributed by atoms with Crippen LogP contribution in [0.1, 0.15) is 136 Å². The van der Waals surface area contributed by atoms with Gasteiger partial charge in [0.2, 0.25) is 7.37 Å². The Kier molecular flexibility index (Phi) is 26.9. The van der Waals surface area contributed by atoms with E-state index in [-0.39, 0.29) is 5.66 Å². The number of hydrogen-bond donors (Lipinski definition) is 2. The summed E-state index contributed by atoms with van der Waals surface area (Å²) in [6.07, 6.45) is 21.0. The van der Waals surface area contributed by atoms with Crippen LogP contribution < -0.4 is 0 Å². The first kappa shape index (κ1) is 36.2. The molecule has 8 heteroatoms. The maximum Gasteiger partial charge on any atom is 0.508 e. The lowest BCUT2D eigenvalue weighted by atomic mass is 10.1. The van der Waals surface area contributed by atoms with Gasteiger partial charge in [-0.05, 0) is 43.1 Å². The monoisotopic (exact) mass is 553 g/mol. The van der Waals surface area contributed by atoms with Crippen molar-refractivity contribution in [2.45, 2.75) is 142 Å². The number of hydrogen-bond acceptors (Lipinski definition) is 4. The molecule has 0 amide bonds. The van der Waals surface area contributed by atoms with Crippen molar-refractivity contribution in [3.05, 3.63) is 0 Å². The third-order valence-corrected chi connectivity index (χ3v) is 9.95. The average molecular weight is 554 g/mol. The molecule has 3 atom stereocenters. The molecule has 2 N–H and O–H groups in total. The Morgan fingerprint density at radius 1 is 0.611 bits per heavy atom. The first-order chi connectivity index (χ1) is 17.4. The highest BCUT2D eigenvalue weighted by atomic mass is 31.2. The third kappa shape index (κ3) is 25.8. The van der Waals surface area contributed by atoms with Crippen LogP contribution in [0.3, 0.4) is 0 Å². The molecule has 6 nitrogen and oxygen atoms in total. The van der Waals surface area contributed by atoms with Crippen molar-refractivity contribution in [1.82, 2.24) is 0 Å². The summed E-state index contributed by atoms with van der Waals surface area (Å²) in [4.78, 5) is 19.8. The van der Waals surface area contributed by atoms with Crippen molar-refractivity contribution in [2.24, 2.45) is 0 Å². The van der Waals surface area contributed by atoms with Crippen molar-refractivity contribution in [2.75, 3.05) is 38.8 Å². The molecule has 0 aliphatic rings. The Morgan fingerprint density at radius 3 is 1.64 bits per heavy atom. The molecule has 36 heavy (non-hydrogen) atoms. The first-order valence-electron chi connectivity index (χ1n) is 15.0. The van der Waals surface area contributed by atoms with Crippen LogP contribution in [0.5, 0.6) is 0 Å². The Hall–Kier alpha value is 0.170. The smallest absolute Gasteiger partial charge is 0.381 e. The predicted molar refractivity (Wildman–Crippen MR) is 154 cm³/mol. The lowest BCUT2D eigenvalue weighted by Gasteiger charge is -2.12. The first-order valence-corrected chi connectivity index (χ1v) is 18.4. The van der Waals surface area contributed by atoms with Gasteiger partial charge in [0.25, 0.3) is 0 Å². The Morgan fingerprint density at radius 2 is 1.06 bits per heavy atom. The van der Waals surface area contributed by atoms with E-state index in [0.29, 0.717) is 38.4 Å². The van der Waals surface area contributed by atoms with E-state index < -0.39 is 15.4 Å². The van der Waals surface area contributed by atoms with E-state index in [2.05, 4.69) is 13.8 Å². The van der Waals surface area contributed by atoms with E-state index in [9.17, 15) is 18.9 Å². The van der Waals surface area contributed by atoms with Gasteiger partial charge in [-0.3, -0.25) is 4.57 Å². The van der Waals surface area contributed by atoms with Gasteiger partial charge in [0.05, 0.1) is 6.61 Å². The zero-order valence-electron chi connectivity index (χ0n) is 23.7. The molecular formula is C28H59O6P2+. The lowest BCUT2D eigenvalue weighted by molar-refractivity contribution is 0.125. The fraction of sp³-hybridized carbons (Fsp3) is 1.00. The fourth-order valence-corrected chi connectivity index (χ4v) is 6.67. The van der Waals surface area contributed by atoms with E-state index in [1.807, 2.05) is 0 Å². The standard InChI is InChI=1S/C28H58O6P2/c1-3-5-7-9-12-16-22-33-24-19-27-36(31,32)26-18-14-11-15-20-28(35(29)30)21-25-34-23-17-13-10-8-6-4-2/h28H,3-27H2,1-2H3,(H-,29,30,31,32)/p+1/t28-/m0/s1. The fourth-order valence-electron chi connectivity index (χ4n) is 4.38. The van der Waals surface area contributed by atoms with Crippen molar-refractivity contribution >= 4 is 15.4 Å². The summed E-state index contributed by atoms with van der Waals surface area (Å²) in [6, 6.07) is 0. The molecular weight excluding hydrogens is 494 g/mol. The van der Waals surface area contributed by atoms with Crippen LogP contribution in [0.25, 0.3) is 0 Å². The van der Waals surface area contributed by atoms with Gasteiger partial charge in [-0.25, -0.2) is 0 Å². The Labute approximate surface area is 224 Å². The Bertz CT molecular complexity index is 532. The van der Waals surface area contributed by atoms with Crippen LogP contribution in [0, 0.1) is 0 Å². The number of rotatable bonds is 29. The van der Waals surface area contributed by atoms with Crippen LogP contribution >= 0.6 is 15.4 Å². The molecule has 216 valence electrons. The van der Waals surface area contributed by atoms with Gasteiger partial charge in [-0.15, -0.1) is 0 Å². The van der Waals surface area contributed by atoms with Crippen LogP contribution in [-0.4, -0.2) is 54.2 Å². The highest BCUT2D eigenvalue weighted by Gasteiger charge is 2.27. The molecule has 0 rings (SSSR count). The zero-order valence-corrected chi connectivity index (χ0v) is 25.5. The van der Waals surface area contributed by atoms with Crippen LogP contribution in [0.2, 0.25) is 0 Å². The molecule has 0 saturated carbocycles. The molecule has 0 heterocycles. The zero-order chi connectivity index (χ0) is 26.7. The second-order valence-corrected chi connectivity index (χ2v) is 14.3. The molecule has 0 saturated heterocycles. The van der Waals surface area contributed by atoms with Gasteiger partial charge in [0.1, 0.15) is 0 Å². The predicted octanol–water partition coefficient (Wildman–Crippen LogP) is 8.85. The van der Waals surface area contributed by atoms with E-state index >= 15 is 0 Å². The highest BCUT2D eigenvalue weighted by molar-refractivity contribution is 7.57. The second kappa shape index (κ2) is 26.8. The molecule has 0 spiro atoms. The summed E-state index contributed by atoms with van der Waals surface area (Å²) in [6.45, 7) is 7.06. The Balaban J connectivity index is 3.65. The van der Waals surface area contributed by atoms with Crippen LogP contribution in [0.15, 0.2) is 0 Å². The summed E-state index contributed by atoms with van der Waals surface area (Å²) in [7, 11) is -5.25. The molecule has 0 aliphatic carbocycles. The van der Waals surface area contributed by atoms with Crippen molar-refractivity contribution in [3.63, 3.8) is 0 Å². The number of ether oxygens (including phenoxy) is 2. The van der Waals surface area contributed by atoms with Crippen LogP contribution in [-0.2, 0) is 18.6 Å². The van der Waals surface area contributed by atoms with Gasteiger partial charge in [-0.1, -0.05) is 90.9 Å². The van der Waals surface area contributed by atoms with Gasteiger partial charge in [0, 0.05) is 38.6 Å². The molecule has 0 aromatic heterocycles. The SMILES string of the molecule is CCCCCCCCOCCCP(=O)(O)CCCCCC[C@@H](CCOCCCCCCCC)[P+](=O)O. The highest BCUT2D eigenvalue weighted by Crippen LogP contribution is 2.42. The molecule has 2 unspecified atom stereocenters. The van der Waals surface area contributed by atoms with Gasteiger partial charge < -0.3 is 14.4 Å². The van der Waals surface area contributed by atoms with E-state index in [1.54, 1.807) is 0 Å². The normalized spacial score (nSPS) is 14.6. The van der Waals surface area contributed by atoms with Gasteiger partial charge in [0.15, 0.2) is 5.66 Å². The summed E-state index contributed by atoms with van der Waals surface area (Å²) in [5.41, 5.74) is -0.204. The topological polar surface area (TPSA) is 93.1 Å². The molecule has 0 aliphatic heterocycles. The molecule has 0 fully saturated rings. The van der Waals surface area contributed by atoms with E-state index in [0.717, 1.165) is 58.2 Å². The molecule has 0 bridgehead atoms. The largest absolute Gasteiger partial charge is 0.508 e. The average Bonchev–Trinajstić information content (AvgIpc) is 2.84. The molecule has 0 aromatic rings. The summed E-state index contributed by atoms with van der Waals surface area (Å²) in [5, 5.41) is 0. The van der Waals surface area contributed by atoms with Gasteiger partial charge in [-0.2, -0.15) is 4.89 Å². The minimum atomic E-state index is -3.07. The molecule has 0 aromatic carbocycles. The van der Waals surface area contributed by atoms with Gasteiger partial charge >= 0.3 is 8.03 Å². The second-order valence-electron chi connectivity index (χ2n) is 10.4. The van der Waals surface area contributed by atoms with Crippen molar-refractivity contribution < 1.29 is 28.4 Å². The summed E-state index contributed by atoms with van der Waals surface area (Å²) in [5.74, 6) is 0. The van der Waals surface area contributed by atoms with Crippen LogP contribution in [0.4, 0.5) is 0 Å². The summed E-state index contributed by atoms with van der Waals surface area (Å²) >= 11 is 0. The third-order valence-electron chi connectivity index (χ3n) is 6.78. The number of unbranched alkanes of at least 4 members (excludes halogenated alkanes) is 13. The lowest BCUT2D eigenvalue weighted by Crippen LogP contribution is -2.08. The maximum absolute atomic E-state index is 12.4. The maximum atomic E-state index is 12.4. The summed E-state index contributed by atoms with van der Waals surface area (Å²) < 4.78 is 35.3. The minimum absolute atomic E-state index is 0.204.